The van der Waals surface area contributed by atoms with Gasteiger partial charge in [0.05, 0.1) is 11.4 Å². The second-order valence-electron chi connectivity index (χ2n) is 8.67. The van der Waals surface area contributed by atoms with E-state index in [-0.39, 0.29) is 16.4 Å². The molecule has 1 aromatic carbocycles. The number of amides is 1. The SMILES string of the molecule is Cc1cc(C)c(S(=O)(=O)N[C@@H](CNC(=O)c2cc(=O)n3cc(C[NH+]=C(N)N)ccc3c2)C(=O)O)c(C)c1. The van der Waals surface area contributed by atoms with Crippen LogP contribution in [0.5, 0.6) is 0 Å². The van der Waals surface area contributed by atoms with Crippen molar-refractivity contribution in [1.29, 1.82) is 0 Å². The highest BCUT2D eigenvalue weighted by atomic mass is 32.2. The zero-order valence-corrected chi connectivity index (χ0v) is 21.3. The van der Waals surface area contributed by atoms with Gasteiger partial charge in [-0.15, -0.1) is 0 Å². The molecule has 0 aliphatic carbocycles. The summed E-state index contributed by atoms with van der Waals surface area (Å²) in [7, 11) is -4.20. The average molecular weight is 530 g/mol. The minimum atomic E-state index is -4.20. The van der Waals surface area contributed by atoms with Crippen molar-refractivity contribution in [3.63, 3.8) is 0 Å². The summed E-state index contributed by atoms with van der Waals surface area (Å²) >= 11 is 0. The number of hydrogen-bond acceptors (Lipinski definition) is 5. The molecule has 0 saturated carbocycles. The van der Waals surface area contributed by atoms with Crippen molar-refractivity contribution in [3.8, 4) is 0 Å². The lowest BCUT2D eigenvalue weighted by Gasteiger charge is -2.18. The number of nitrogens with zero attached hydrogens (tertiary/aromatic N) is 1. The number of carbonyl (C=O) groups excluding carboxylic acids is 1. The highest BCUT2D eigenvalue weighted by molar-refractivity contribution is 7.89. The van der Waals surface area contributed by atoms with Crippen LogP contribution in [-0.2, 0) is 21.4 Å². The van der Waals surface area contributed by atoms with E-state index < -0.39 is 40.0 Å². The Morgan fingerprint density at radius 2 is 1.73 bits per heavy atom. The third-order valence-corrected chi connectivity index (χ3v) is 7.33. The van der Waals surface area contributed by atoms with Crippen molar-refractivity contribution in [1.82, 2.24) is 14.4 Å². The van der Waals surface area contributed by atoms with E-state index in [0.717, 1.165) is 17.2 Å². The van der Waals surface area contributed by atoms with Crippen molar-refractivity contribution in [2.24, 2.45) is 11.5 Å². The van der Waals surface area contributed by atoms with E-state index in [0.29, 0.717) is 23.2 Å². The number of pyridine rings is 2. The van der Waals surface area contributed by atoms with Gasteiger partial charge in [-0.05, 0) is 44.0 Å². The van der Waals surface area contributed by atoms with Gasteiger partial charge in [-0.25, -0.2) is 8.42 Å². The maximum Gasteiger partial charge on any atom is 0.339 e. The number of nitrogens with one attached hydrogen (secondary N) is 3. The number of carboxylic acid groups (broad SMARTS) is 1. The van der Waals surface area contributed by atoms with Crippen LogP contribution >= 0.6 is 0 Å². The first kappa shape index (κ1) is 27.4. The highest BCUT2D eigenvalue weighted by Gasteiger charge is 2.28. The number of carboxylic acids is 1. The number of sulfonamides is 1. The number of carbonyl (C=O) groups is 2. The van der Waals surface area contributed by atoms with E-state index in [1.54, 1.807) is 44.3 Å². The maximum absolute atomic E-state index is 13.0. The van der Waals surface area contributed by atoms with Gasteiger partial charge in [0.25, 0.3) is 11.5 Å². The minimum absolute atomic E-state index is 0.00682. The summed E-state index contributed by atoms with van der Waals surface area (Å²) in [5, 5.41) is 12.0. The average Bonchev–Trinajstić information content (AvgIpc) is 2.79. The number of guanidine groups is 1. The lowest BCUT2D eigenvalue weighted by Crippen LogP contribution is -2.76. The van der Waals surface area contributed by atoms with E-state index in [9.17, 15) is 27.9 Å². The fraction of sp³-hybridized carbons (Fsp3) is 0.250. The Morgan fingerprint density at radius 1 is 1.08 bits per heavy atom. The highest BCUT2D eigenvalue weighted by Crippen LogP contribution is 2.22. The third-order valence-electron chi connectivity index (χ3n) is 5.56. The first-order valence-electron chi connectivity index (χ1n) is 11.2. The Bertz CT molecular complexity index is 1550. The number of aryl methyl sites for hydroxylation is 3. The summed E-state index contributed by atoms with van der Waals surface area (Å²) in [6, 6.07) is 7.63. The molecule has 0 radical (unpaired) electrons. The van der Waals surface area contributed by atoms with Crippen LogP contribution in [0.4, 0.5) is 0 Å². The van der Waals surface area contributed by atoms with E-state index in [1.165, 1.54) is 10.5 Å². The van der Waals surface area contributed by atoms with Crippen molar-refractivity contribution in [2.45, 2.75) is 38.3 Å². The molecule has 12 nitrogen and oxygen atoms in total. The Kier molecular flexibility index (Phi) is 7.99. The summed E-state index contributed by atoms with van der Waals surface area (Å²) in [6.45, 7) is 4.82. The zero-order valence-electron chi connectivity index (χ0n) is 20.5. The molecule has 0 saturated heterocycles. The molecule has 2 heterocycles. The number of hydrogen-bond donors (Lipinski definition) is 6. The Morgan fingerprint density at radius 3 is 2.32 bits per heavy atom. The van der Waals surface area contributed by atoms with Gasteiger partial charge in [0.2, 0.25) is 10.0 Å². The van der Waals surface area contributed by atoms with Crippen LogP contribution in [0.2, 0.25) is 0 Å². The van der Waals surface area contributed by atoms with Crippen LogP contribution in [-0.4, -0.2) is 48.3 Å². The molecule has 0 spiro atoms. The van der Waals surface area contributed by atoms with Crippen molar-refractivity contribution in [3.05, 3.63) is 80.8 Å². The molecule has 8 N–H and O–H groups in total. The predicted molar refractivity (Wildman–Crippen MR) is 136 cm³/mol. The van der Waals surface area contributed by atoms with Crippen LogP contribution in [0.25, 0.3) is 5.52 Å². The largest absolute Gasteiger partial charge is 0.480 e. The third kappa shape index (κ3) is 6.51. The van der Waals surface area contributed by atoms with Crippen LogP contribution in [0.1, 0.15) is 32.6 Å². The Balaban J connectivity index is 1.79. The molecule has 0 aliphatic heterocycles. The van der Waals surface area contributed by atoms with E-state index in [4.69, 9.17) is 11.5 Å². The normalized spacial score (nSPS) is 12.2. The molecule has 1 amide bonds. The first-order valence-corrected chi connectivity index (χ1v) is 12.6. The molecule has 1 atom stereocenters. The molecule has 196 valence electrons. The zero-order chi connectivity index (χ0) is 27.5. The lowest BCUT2D eigenvalue weighted by molar-refractivity contribution is -0.477. The number of aromatic nitrogens is 1. The van der Waals surface area contributed by atoms with Crippen molar-refractivity contribution >= 4 is 33.4 Å². The molecular formula is C24H29N6O6S+. The summed E-state index contributed by atoms with van der Waals surface area (Å²) in [6.07, 6.45) is 1.57. The van der Waals surface area contributed by atoms with Gasteiger partial charge in [-0.2, -0.15) is 4.72 Å². The van der Waals surface area contributed by atoms with Crippen LogP contribution < -0.4 is 32.1 Å². The smallest absolute Gasteiger partial charge is 0.339 e. The maximum atomic E-state index is 13.0. The molecule has 2 aromatic heterocycles. The predicted octanol–water partition coefficient (Wildman–Crippen LogP) is -1.76. The van der Waals surface area contributed by atoms with Gasteiger partial charge in [0.15, 0.2) is 0 Å². The topological polar surface area (TPSA) is 200 Å². The van der Waals surface area contributed by atoms with E-state index >= 15 is 0 Å². The fourth-order valence-corrected chi connectivity index (χ4v) is 5.66. The summed E-state index contributed by atoms with van der Waals surface area (Å²) in [5.74, 6) is -2.17. The second kappa shape index (κ2) is 10.8. The quantitative estimate of drug-likeness (QED) is 0.138. The van der Waals surface area contributed by atoms with Gasteiger partial charge in [-0.1, -0.05) is 23.8 Å². The first-order chi connectivity index (χ1) is 17.3. The fourth-order valence-electron chi connectivity index (χ4n) is 4.02. The number of benzene rings is 1. The Labute approximate surface area is 213 Å². The van der Waals surface area contributed by atoms with Gasteiger partial charge in [0.1, 0.15) is 6.04 Å². The molecule has 3 rings (SSSR count). The molecule has 0 fully saturated rings. The molecular weight excluding hydrogens is 500 g/mol. The summed E-state index contributed by atoms with van der Waals surface area (Å²) < 4.78 is 29.4. The van der Waals surface area contributed by atoms with Crippen molar-refractivity contribution < 1.29 is 28.1 Å². The van der Waals surface area contributed by atoms with Gasteiger partial charge in [0, 0.05) is 35.5 Å². The van der Waals surface area contributed by atoms with Crippen LogP contribution in [0.3, 0.4) is 0 Å². The molecule has 37 heavy (non-hydrogen) atoms. The van der Waals surface area contributed by atoms with Crippen LogP contribution in [0, 0.1) is 20.8 Å². The summed E-state index contributed by atoms with van der Waals surface area (Å²) in [4.78, 5) is 39.8. The number of fused-ring (bicyclic) bond motifs is 1. The van der Waals surface area contributed by atoms with Gasteiger partial charge in [-0.3, -0.25) is 35.2 Å². The van der Waals surface area contributed by atoms with E-state index in [2.05, 4.69) is 15.0 Å². The minimum Gasteiger partial charge on any atom is -0.480 e. The Hall–Kier alpha value is -4.23. The van der Waals surface area contributed by atoms with Gasteiger partial charge >= 0.3 is 11.9 Å². The van der Waals surface area contributed by atoms with Gasteiger partial charge < -0.3 is 10.4 Å². The standard InChI is InChI=1S/C24H28N6O6S/c1-13-6-14(2)21(15(3)7-13)37(35,36)29-19(23(33)34)11-27-22(32)17-8-18-5-4-16(10-28-24(25)26)12-30(18)20(31)9-17/h4-9,12,19,29H,10-11H2,1-3H3,(H,27,32)(H,33,34)(H4,25,26,28)/p+1/t19-/m0/s1. The summed E-state index contributed by atoms with van der Waals surface area (Å²) in [5.41, 5.74) is 13.2. The monoisotopic (exact) mass is 529 g/mol. The molecule has 0 bridgehead atoms. The molecule has 13 heteroatoms. The number of nitrogens with two attached hydrogens (primary N) is 2. The molecule has 0 unspecified atom stereocenters. The van der Waals surface area contributed by atoms with Crippen LogP contribution in [0.15, 0.2) is 52.3 Å². The second-order valence-corrected chi connectivity index (χ2v) is 10.3. The lowest BCUT2D eigenvalue weighted by atomic mass is 10.1. The number of rotatable bonds is 9. The number of aliphatic carboxylic acids is 1. The van der Waals surface area contributed by atoms with Crippen molar-refractivity contribution in [2.75, 3.05) is 6.54 Å². The molecule has 0 aliphatic rings. The molecule has 3 aromatic rings. The van der Waals surface area contributed by atoms with E-state index in [1.807, 2.05) is 6.92 Å².